The van der Waals surface area contributed by atoms with E-state index in [0.717, 1.165) is 18.9 Å². The molecule has 0 aliphatic heterocycles. The molecule has 1 aromatic heterocycles. The number of primary amides is 1. The van der Waals surface area contributed by atoms with Gasteiger partial charge in [0.2, 0.25) is 5.91 Å². The van der Waals surface area contributed by atoms with Gasteiger partial charge in [-0.2, -0.15) is 8.78 Å². The van der Waals surface area contributed by atoms with Crippen molar-refractivity contribution >= 4 is 27.0 Å². The monoisotopic (exact) mass is 501 g/mol. The van der Waals surface area contributed by atoms with Crippen LogP contribution in [0, 0.1) is 0 Å². The third-order valence-electron chi connectivity index (χ3n) is 5.10. The first-order valence-corrected chi connectivity index (χ1v) is 12.1. The van der Waals surface area contributed by atoms with Gasteiger partial charge < -0.3 is 15.8 Å². The third kappa shape index (κ3) is 9.24. The molecule has 1 saturated carbocycles. The molecule has 1 heterocycles. The topological polar surface area (TPSA) is 111 Å². The average molecular weight is 502 g/mol. The van der Waals surface area contributed by atoms with E-state index in [9.17, 15) is 23.2 Å². The van der Waals surface area contributed by atoms with Crippen LogP contribution in [0.25, 0.3) is 0 Å². The van der Waals surface area contributed by atoms with Gasteiger partial charge in [0.25, 0.3) is 11.6 Å². The molecule has 0 aromatic carbocycles. The fraction of sp³-hybridized carbons (Fsp3) is 0.667. The molecule has 1 unspecified atom stereocenters. The minimum atomic E-state index is -3.15. The minimum Gasteiger partial charge on any atom is -0.460 e. The summed E-state index contributed by atoms with van der Waals surface area (Å²) in [4.78, 5) is 39.2. The van der Waals surface area contributed by atoms with E-state index in [1.54, 1.807) is 0 Å². The van der Waals surface area contributed by atoms with E-state index in [1.165, 1.54) is 22.2 Å². The number of pyridine rings is 1. The van der Waals surface area contributed by atoms with Crippen LogP contribution >= 0.6 is 9.24 Å². The Bertz CT molecular complexity index is 872. The second-order valence-corrected chi connectivity index (χ2v) is 10.4. The molecule has 1 aliphatic rings. The van der Waals surface area contributed by atoms with E-state index < -0.39 is 23.0 Å². The van der Waals surface area contributed by atoms with E-state index in [1.807, 2.05) is 34.6 Å². The molecular weight excluding hydrogens is 463 g/mol. The van der Waals surface area contributed by atoms with Crippen molar-refractivity contribution in [1.29, 1.82) is 0 Å². The molecule has 3 N–H and O–H groups in total. The number of nitrogens with zero attached hydrogens (tertiary/aromatic N) is 1. The van der Waals surface area contributed by atoms with Crippen LogP contribution in [0.1, 0.15) is 108 Å². The van der Waals surface area contributed by atoms with Crippen molar-refractivity contribution < 1.29 is 27.9 Å². The Morgan fingerprint density at radius 1 is 1.15 bits per heavy atom. The van der Waals surface area contributed by atoms with Crippen LogP contribution in [0.4, 0.5) is 8.78 Å². The van der Waals surface area contributed by atoms with Crippen LogP contribution in [0.3, 0.4) is 0 Å². The number of aromatic nitrogens is 1. The zero-order valence-corrected chi connectivity index (χ0v) is 22.1. The maximum atomic E-state index is 13.6. The Morgan fingerprint density at radius 2 is 1.68 bits per heavy atom. The Balaban J connectivity index is 0.000000620. The number of carbonyl (C=O) groups is 3. The van der Waals surface area contributed by atoms with Crippen LogP contribution in [-0.4, -0.2) is 33.9 Å². The molecule has 0 spiro atoms. The van der Waals surface area contributed by atoms with Gasteiger partial charge in [-0.05, 0) is 58.6 Å². The Hall–Kier alpha value is -2.15. The van der Waals surface area contributed by atoms with Gasteiger partial charge in [0.15, 0.2) is 0 Å². The molecule has 7 nitrogen and oxygen atoms in total. The Kier molecular flexibility index (Phi) is 10.6. The van der Waals surface area contributed by atoms with Gasteiger partial charge in [0.05, 0.1) is 11.3 Å². The van der Waals surface area contributed by atoms with E-state index in [2.05, 4.69) is 10.3 Å². The van der Waals surface area contributed by atoms with Gasteiger partial charge >= 0.3 is 5.97 Å². The number of amides is 2. The second-order valence-electron chi connectivity index (χ2n) is 9.63. The number of alkyl halides is 2. The molecule has 2 rings (SSSR count). The molecule has 1 atom stereocenters. The predicted octanol–water partition coefficient (Wildman–Crippen LogP) is 4.79. The van der Waals surface area contributed by atoms with E-state index >= 15 is 0 Å². The summed E-state index contributed by atoms with van der Waals surface area (Å²) in [5, 5.41) is 2.78. The summed E-state index contributed by atoms with van der Waals surface area (Å²) in [6, 6.07) is 2.52. The van der Waals surface area contributed by atoms with Gasteiger partial charge in [-0.15, -0.1) is 0 Å². The molecular formula is C24H38F2N3O4P. The zero-order valence-electron chi connectivity index (χ0n) is 21.0. The highest BCUT2D eigenvalue weighted by Gasteiger charge is 2.39. The minimum absolute atomic E-state index is 0.00313. The molecule has 192 valence electrons. The van der Waals surface area contributed by atoms with Gasteiger partial charge in [-0.25, -0.2) is 0 Å². The number of halogens is 2. The van der Waals surface area contributed by atoms with Crippen molar-refractivity contribution in [2.24, 2.45) is 5.73 Å². The standard InChI is InChI=1S/C18H26F2N3O2P.C6H12O2/c1-3-9-17(10-4-2,16(21)25)23-15(24)12-7-8-13(18(19,20)26)22-14(12)11-5-6-11;1-5(7)8-6(2,3)4/h7-8,11H,3-6,9-10,26H2,1-2H3,(H2,21,25)(H,23,24);1-4H3. The van der Waals surface area contributed by atoms with Crippen LogP contribution in [0.15, 0.2) is 12.1 Å². The summed E-state index contributed by atoms with van der Waals surface area (Å²) < 4.78 is 31.9. The molecule has 1 aromatic rings. The molecule has 0 saturated heterocycles. The molecule has 1 aliphatic carbocycles. The number of nitrogens with one attached hydrogen (secondary N) is 1. The van der Waals surface area contributed by atoms with Crippen molar-refractivity contribution in [1.82, 2.24) is 10.3 Å². The summed E-state index contributed by atoms with van der Waals surface area (Å²) in [6.07, 6.45) is 3.82. The highest BCUT2D eigenvalue weighted by atomic mass is 31.0. The molecule has 1 fully saturated rings. The van der Waals surface area contributed by atoms with Crippen molar-refractivity contribution in [2.45, 2.75) is 103 Å². The summed E-state index contributed by atoms with van der Waals surface area (Å²) in [5.74, 6) is -1.29. The largest absolute Gasteiger partial charge is 0.460 e. The lowest BCUT2D eigenvalue weighted by Gasteiger charge is -2.31. The molecule has 34 heavy (non-hydrogen) atoms. The lowest BCUT2D eigenvalue weighted by atomic mass is 9.87. The Morgan fingerprint density at radius 3 is 2.00 bits per heavy atom. The van der Waals surface area contributed by atoms with Crippen LogP contribution in [-0.2, 0) is 20.0 Å². The first-order chi connectivity index (χ1) is 15.6. The Labute approximate surface area is 203 Å². The zero-order chi connectivity index (χ0) is 26.3. The predicted molar refractivity (Wildman–Crippen MR) is 131 cm³/mol. The fourth-order valence-electron chi connectivity index (χ4n) is 3.65. The molecule has 2 amide bonds. The van der Waals surface area contributed by atoms with Crippen LogP contribution in [0.2, 0.25) is 0 Å². The number of rotatable bonds is 9. The maximum absolute atomic E-state index is 13.6. The lowest BCUT2D eigenvalue weighted by molar-refractivity contribution is -0.151. The smallest absolute Gasteiger partial charge is 0.303 e. The molecule has 10 heteroatoms. The van der Waals surface area contributed by atoms with Crippen molar-refractivity contribution in [2.75, 3.05) is 0 Å². The highest BCUT2D eigenvalue weighted by molar-refractivity contribution is 7.17. The lowest BCUT2D eigenvalue weighted by Crippen LogP contribution is -2.57. The number of ether oxygens (including phenoxy) is 1. The number of hydrogen-bond donors (Lipinski definition) is 2. The number of esters is 1. The van der Waals surface area contributed by atoms with E-state index in [0.29, 0.717) is 31.4 Å². The number of nitrogens with two attached hydrogens (primary N) is 1. The molecule has 0 bridgehead atoms. The normalized spacial score (nSPS) is 14.0. The SMILES string of the molecule is CC(=O)OC(C)(C)C.CCCC(CCC)(NC(=O)c1ccc(C(F)(F)P)nc1C1CC1)C(N)=O. The summed E-state index contributed by atoms with van der Waals surface area (Å²) in [6.45, 7) is 10.8. The first-order valence-electron chi connectivity index (χ1n) is 11.6. The van der Waals surface area contributed by atoms with Crippen molar-refractivity contribution in [3.05, 3.63) is 29.1 Å². The number of carbonyl (C=O) groups excluding carboxylic acids is 3. The number of hydrogen-bond acceptors (Lipinski definition) is 5. The van der Waals surface area contributed by atoms with Gasteiger partial charge in [0, 0.05) is 12.8 Å². The van der Waals surface area contributed by atoms with Gasteiger partial charge in [-0.3, -0.25) is 19.4 Å². The summed E-state index contributed by atoms with van der Waals surface area (Å²) >= 11 is 0. The van der Waals surface area contributed by atoms with Crippen molar-refractivity contribution in [3.8, 4) is 0 Å². The maximum Gasteiger partial charge on any atom is 0.303 e. The van der Waals surface area contributed by atoms with Crippen LogP contribution < -0.4 is 11.1 Å². The second kappa shape index (κ2) is 12.0. The van der Waals surface area contributed by atoms with E-state index in [-0.39, 0.29) is 28.7 Å². The summed E-state index contributed by atoms with van der Waals surface area (Å²) in [7, 11) is 1.46. The fourth-order valence-corrected chi connectivity index (χ4v) is 3.81. The van der Waals surface area contributed by atoms with E-state index in [4.69, 9.17) is 10.5 Å². The first kappa shape index (κ1) is 29.9. The quantitative estimate of drug-likeness (QED) is 0.374. The van der Waals surface area contributed by atoms with Gasteiger partial charge in [0.1, 0.15) is 16.8 Å². The highest BCUT2D eigenvalue weighted by Crippen LogP contribution is 2.42. The summed E-state index contributed by atoms with van der Waals surface area (Å²) in [5.41, 5.74) is 1.20. The van der Waals surface area contributed by atoms with Crippen molar-refractivity contribution in [3.63, 3.8) is 0 Å². The van der Waals surface area contributed by atoms with Gasteiger partial charge in [-0.1, -0.05) is 35.9 Å². The molecule has 0 radical (unpaired) electrons. The average Bonchev–Trinajstić information content (AvgIpc) is 3.50. The van der Waals surface area contributed by atoms with Crippen LogP contribution in [0.5, 0.6) is 0 Å². The third-order valence-corrected chi connectivity index (χ3v) is 5.40.